The summed E-state index contributed by atoms with van der Waals surface area (Å²) in [6.07, 6.45) is 0.869. The van der Waals surface area contributed by atoms with E-state index in [0.717, 1.165) is 42.0 Å². The Kier molecular flexibility index (Phi) is 5.18. The van der Waals surface area contributed by atoms with Crippen LogP contribution in [0.1, 0.15) is 39.8 Å². The molecule has 1 aliphatic carbocycles. The maximum atomic E-state index is 11.7. The first-order chi connectivity index (χ1) is 17.0. The highest BCUT2D eigenvalue weighted by atomic mass is 16.6. The molecule has 8 heteroatoms. The van der Waals surface area contributed by atoms with Gasteiger partial charge in [0.15, 0.2) is 0 Å². The van der Waals surface area contributed by atoms with Crippen molar-refractivity contribution >= 4 is 22.9 Å². The van der Waals surface area contributed by atoms with Crippen LogP contribution in [-0.2, 0) is 11.2 Å². The molecule has 8 nitrogen and oxygen atoms in total. The quantitative estimate of drug-likeness (QED) is 0.228. The van der Waals surface area contributed by atoms with Gasteiger partial charge in [-0.15, -0.1) is 0 Å². The fourth-order valence-corrected chi connectivity index (χ4v) is 6.03. The molecule has 3 aromatic carbocycles. The highest BCUT2D eigenvalue weighted by Crippen LogP contribution is 2.55. The largest absolute Gasteiger partial charge is 0.384 e. The Morgan fingerprint density at radius 2 is 1.86 bits per heavy atom. The minimum absolute atomic E-state index is 0.0473. The number of nitrogens with zero attached hydrogens (tertiary/aromatic N) is 2. The second kappa shape index (κ2) is 8.39. The molecule has 2 heterocycles. The molecule has 3 aromatic rings. The molecule has 0 spiro atoms. The molecule has 0 radical (unpaired) electrons. The maximum Gasteiger partial charge on any atom is 0.269 e. The van der Waals surface area contributed by atoms with Crippen molar-refractivity contribution in [3.05, 3.63) is 98.6 Å². The van der Waals surface area contributed by atoms with Crippen LogP contribution in [0.25, 0.3) is 0 Å². The van der Waals surface area contributed by atoms with Crippen LogP contribution in [0.4, 0.5) is 17.1 Å². The smallest absolute Gasteiger partial charge is 0.269 e. The number of nitro benzene ring substituents is 1. The third-order valence-electron chi connectivity index (χ3n) is 7.62. The Labute approximate surface area is 203 Å². The molecule has 3 aliphatic rings. The number of fused-ring (bicyclic) bond motifs is 5. The van der Waals surface area contributed by atoms with Crippen LogP contribution < -0.4 is 16.0 Å². The zero-order valence-corrected chi connectivity index (χ0v) is 19.2. The highest BCUT2D eigenvalue weighted by Gasteiger charge is 2.44. The summed E-state index contributed by atoms with van der Waals surface area (Å²) in [6.45, 7) is 2.79. The minimum atomic E-state index is -0.316. The van der Waals surface area contributed by atoms with Gasteiger partial charge in [0.2, 0.25) is 0 Å². The number of nitro groups is 1. The van der Waals surface area contributed by atoms with E-state index < -0.39 is 0 Å². The monoisotopic (exact) mass is 469 g/mol. The standard InChI is InChI=1S/C27H27N5O3/c28-27(29)17-5-7-23-20(14-17)25-19-4-2-1-3-16(19)13-22(25)26(30-23)21-15-18(32(33)34)6-8-24(21)31-9-11-35-12-10-31/h1-8,14-15,22,25-26,30H,9-13H2,(H3,28,29). The molecular weight excluding hydrogens is 442 g/mol. The molecule has 1 fully saturated rings. The van der Waals surface area contributed by atoms with Crippen LogP contribution in [0, 0.1) is 21.4 Å². The normalized spacial score (nSPS) is 22.5. The van der Waals surface area contributed by atoms with Gasteiger partial charge < -0.3 is 20.7 Å². The molecule has 178 valence electrons. The summed E-state index contributed by atoms with van der Waals surface area (Å²) < 4.78 is 5.56. The minimum Gasteiger partial charge on any atom is -0.384 e. The average molecular weight is 470 g/mol. The Balaban J connectivity index is 1.52. The maximum absolute atomic E-state index is 11.7. The van der Waals surface area contributed by atoms with Gasteiger partial charge in [-0.3, -0.25) is 15.5 Å². The molecule has 1 saturated heterocycles. The Morgan fingerprint density at radius 1 is 1.06 bits per heavy atom. The van der Waals surface area contributed by atoms with E-state index in [2.05, 4.69) is 34.5 Å². The summed E-state index contributed by atoms with van der Waals surface area (Å²) in [7, 11) is 0. The number of non-ortho nitro benzene ring substituents is 1. The van der Waals surface area contributed by atoms with Crippen LogP contribution in [-0.4, -0.2) is 37.1 Å². The number of nitrogen functional groups attached to an aromatic ring is 1. The van der Waals surface area contributed by atoms with E-state index >= 15 is 0 Å². The van der Waals surface area contributed by atoms with Crippen LogP contribution in [0.3, 0.4) is 0 Å². The number of nitrogens with two attached hydrogens (primary N) is 1. The Hall–Kier alpha value is -3.91. The zero-order valence-electron chi connectivity index (χ0n) is 19.2. The van der Waals surface area contributed by atoms with Gasteiger partial charge in [-0.2, -0.15) is 0 Å². The first-order valence-corrected chi connectivity index (χ1v) is 11.9. The number of hydrogen-bond donors (Lipinski definition) is 3. The summed E-state index contributed by atoms with van der Waals surface area (Å²) >= 11 is 0. The van der Waals surface area contributed by atoms with Crippen LogP contribution in [0.2, 0.25) is 0 Å². The predicted octanol–water partition coefficient (Wildman–Crippen LogP) is 4.19. The fourth-order valence-electron chi connectivity index (χ4n) is 6.03. The molecule has 3 atom stereocenters. The van der Waals surface area contributed by atoms with Crippen molar-refractivity contribution in [2.45, 2.75) is 18.4 Å². The lowest BCUT2D eigenvalue weighted by Gasteiger charge is -2.40. The number of hydrogen-bond acceptors (Lipinski definition) is 6. The summed E-state index contributed by atoms with van der Waals surface area (Å²) in [5.41, 5.74) is 13.3. The van der Waals surface area contributed by atoms with Gasteiger partial charge in [-0.05, 0) is 53.3 Å². The average Bonchev–Trinajstić information content (AvgIpc) is 3.28. The van der Waals surface area contributed by atoms with E-state index in [4.69, 9.17) is 15.9 Å². The summed E-state index contributed by atoms with van der Waals surface area (Å²) in [4.78, 5) is 13.7. The van der Waals surface area contributed by atoms with Crippen molar-refractivity contribution in [2.24, 2.45) is 11.7 Å². The molecule has 2 aliphatic heterocycles. The molecule has 0 aromatic heterocycles. The first kappa shape index (κ1) is 21.6. The summed E-state index contributed by atoms with van der Waals surface area (Å²) in [6, 6.07) is 19.5. The van der Waals surface area contributed by atoms with Gasteiger partial charge in [0, 0.05) is 53.6 Å². The van der Waals surface area contributed by atoms with E-state index in [0.29, 0.717) is 18.8 Å². The topological polar surface area (TPSA) is 118 Å². The van der Waals surface area contributed by atoms with E-state index in [1.165, 1.54) is 11.1 Å². The van der Waals surface area contributed by atoms with Gasteiger partial charge >= 0.3 is 0 Å². The van der Waals surface area contributed by atoms with Crippen molar-refractivity contribution in [1.82, 2.24) is 0 Å². The second-order valence-corrected chi connectivity index (χ2v) is 9.48. The second-order valence-electron chi connectivity index (χ2n) is 9.48. The van der Waals surface area contributed by atoms with Crippen molar-refractivity contribution < 1.29 is 9.66 Å². The van der Waals surface area contributed by atoms with Crippen molar-refractivity contribution in [2.75, 3.05) is 36.5 Å². The third-order valence-corrected chi connectivity index (χ3v) is 7.62. The van der Waals surface area contributed by atoms with E-state index in [1.807, 2.05) is 24.3 Å². The highest BCUT2D eigenvalue weighted by molar-refractivity contribution is 5.95. The van der Waals surface area contributed by atoms with Crippen molar-refractivity contribution in [1.29, 1.82) is 5.41 Å². The molecular formula is C27H27N5O3. The summed E-state index contributed by atoms with van der Waals surface area (Å²) in [5, 5.41) is 23.4. The lowest BCUT2D eigenvalue weighted by molar-refractivity contribution is -0.384. The number of morpholine rings is 1. The SMILES string of the molecule is N=C(N)c1ccc2c(c1)C1c3ccccc3CC1C(c1cc([N+](=O)[O-])ccc1N1CCOCC1)N2. The van der Waals surface area contributed by atoms with E-state index in [-0.39, 0.29) is 34.3 Å². The Bertz CT molecular complexity index is 1330. The van der Waals surface area contributed by atoms with Crippen molar-refractivity contribution in [3.8, 4) is 0 Å². The van der Waals surface area contributed by atoms with Crippen LogP contribution >= 0.6 is 0 Å². The van der Waals surface area contributed by atoms with Gasteiger partial charge in [0.1, 0.15) is 5.84 Å². The number of anilines is 2. The molecule has 0 amide bonds. The lowest BCUT2D eigenvalue weighted by atomic mass is 9.74. The number of benzene rings is 3. The lowest BCUT2D eigenvalue weighted by Crippen LogP contribution is -2.38. The molecule has 4 N–H and O–H groups in total. The molecule has 0 bridgehead atoms. The number of nitrogens with one attached hydrogen (secondary N) is 2. The number of rotatable bonds is 4. The molecule has 6 rings (SSSR count). The Morgan fingerprint density at radius 3 is 2.63 bits per heavy atom. The number of amidine groups is 1. The molecule has 35 heavy (non-hydrogen) atoms. The predicted molar refractivity (Wildman–Crippen MR) is 135 cm³/mol. The van der Waals surface area contributed by atoms with Crippen LogP contribution in [0.15, 0.2) is 60.7 Å². The molecule has 3 unspecified atom stereocenters. The van der Waals surface area contributed by atoms with E-state index in [1.54, 1.807) is 12.1 Å². The van der Waals surface area contributed by atoms with E-state index in [9.17, 15) is 10.1 Å². The third kappa shape index (κ3) is 3.61. The van der Waals surface area contributed by atoms with Crippen molar-refractivity contribution in [3.63, 3.8) is 0 Å². The summed E-state index contributed by atoms with van der Waals surface area (Å²) in [5.74, 6) is 0.332. The van der Waals surface area contributed by atoms with Gasteiger partial charge in [-0.25, -0.2) is 0 Å². The van der Waals surface area contributed by atoms with Gasteiger partial charge in [-0.1, -0.05) is 24.3 Å². The van der Waals surface area contributed by atoms with Gasteiger partial charge in [0.25, 0.3) is 5.69 Å². The first-order valence-electron chi connectivity index (χ1n) is 11.9. The van der Waals surface area contributed by atoms with Gasteiger partial charge in [0.05, 0.1) is 24.2 Å². The number of ether oxygens (including phenoxy) is 1. The molecule has 0 saturated carbocycles. The van der Waals surface area contributed by atoms with Crippen LogP contribution in [0.5, 0.6) is 0 Å². The zero-order chi connectivity index (χ0) is 24.1. The fraction of sp³-hybridized carbons (Fsp3) is 0.296.